The van der Waals surface area contributed by atoms with Gasteiger partial charge in [0.2, 0.25) is 0 Å². The molecule has 1 N–H and O–H groups in total. The third kappa shape index (κ3) is 2.93. The molecular weight excluding hydrogens is 326 g/mol. The Balaban J connectivity index is 1.38. The molecule has 0 unspecified atom stereocenters. The second kappa shape index (κ2) is 6.29. The van der Waals surface area contributed by atoms with E-state index in [0.29, 0.717) is 5.89 Å². The topological polar surface area (TPSA) is 81.0 Å². The summed E-state index contributed by atoms with van der Waals surface area (Å²) in [4.78, 5) is 16.1. The fourth-order valence-corrected chi connectivity index (χ4v) is 3.08. The van der Waals surface area contributed by atoms with Crippen LogP contribution >= 0.6 is 11.3 Å². The first-order valence-electron chi connectivity index (χ1n) is 7.36. The molecule has 0 spiro atoms. The van der Waals surface area contributed by atoms with Crippen LogP contribution in [-0.2, 0) is 22.6 Å². The SMILES string of the molecule is O=C(Cc1c[nH]c2ccccc12)OCc1nnc(-c2cccs2)o1. The van der Waals surface area contributed by atoms with Gasteiger partial charge >= 0.3 is 5.97 Å². The number of aromatic nitrogens is 3. The molecular formula is C17H13N3O3S. The van der Waals surface area contributed by atoms with Crippen molar-refractivity contribution in [3.05, 3.63) is 59.4 Å². The average molecular weight is 339 g/mol. The zero-order chi connectivity index (χ0) is 16.4. The van der Waals surface area contributed by atoms with E-state index in [2.05, 4.69) is 15.2 Å². The molecule has 0 bridgehead atoms. The standard InChI is InChI=1S/C17H13N3O3S/c21-16(8-11-9-18-13-5-2-1-4-12(11)13)22-10-15-19-20-17(23-15)14-6-3-7-24-14/h1-7,9,18H,8,10H2. The second-order valence-corrected chi connectivity index (χ2v) is 6.12. The lowest BCUT2D eigenvalue weighted by atomic mass is 10.1. The van der Waals surface area contributed by atoms with Gasteiger partial charge in [-0.1, -0.05) is 24.3 Å². The van der Waals surface area contributed by atoms with Crippen molar-refractivity contribution in [1.29, 1.82) is 0 Å². The first kappa shape index (κ1) is 14.6. The van der Waals surface area contributed by atoms with Gasteiger partial charge in [0.25, 0.3) is 11.8 Å². The van der Waals surface area contributed by atoms with Gasteiger partial charge in [0.05, 0.1) is 11.3 Å². The van der Waals surface area contributed by atoms with E-state index >= 15 is 0 Å². The lowest BCUT2D eigenvalue weighted by Crippen LogP contribution is -2.07. The van der Waals surface area contributed by atoms with E-state index in [1.807, 2.05) is 48.0 Å². The van der Waals surface area contributed by atoms with Crippen molar-refractivity contribution in [3.8, 4) is 10.8 Å². The molecule has 0 amide bonds. The number of benzene rings is 1. The van der Waals surface area contributed by atoms with Crippen LogP contribution in [0.5, 0.6) is 0 Å². The van der Waals surface area contributed by atoms with Crippen molar-refractivity contribution < 1.29 is 13.9 Å². The number of H-pyrrole nitrogens is 1. The summed E-state index contributed by atoms with van der Waals surface area (Å²) in [6.07, 6.45) is 2.02. The van der Waals surface area contributed by atoms with E-state index in [4.69, 9.17) is 9.15 Å². The number of ether oxygens (including phenoxy) is 1. The Labute approximate surface area is 141 Å². The number of carbonyl (C=O) groups is 1. The highest BCUT2D eigenvalue weighted by Crippen LogP contribution is 2.23. The molecule has 0 aliphatic carbocycles. The van der Waals surface area contributed by atoms with Crippen LogP contribution in [0.15, 0.2) is 52.4 Å². The number of thiophene rings is 1. The van der Waals surface area contributed by atoms with Gasteiger partial charge in [-0.3, -0.25) is 4.79 Å². The maximum Gasteiger partial charge on any atom is 0.310 e. The monoisotopic (exact) mass is 339 g/mol. The number of hydrogen-bond donors (Lipinski definition) is 1. The molecule has 0 radical (unpaired) electrons. The lowest BCUT2D eigenvalue weighted by Gasteiger charge is -2.01. The summed E-state index contributed by atoms with van der Waals surface area (Å²) >= 11 is 1.51. The molecule has 3 heterocycles. The lowest BCUT2D eigenvalue weighted by molar-refractivity contribution is -0.144. The minimum atomic E-state index is -0.337. The quantitative estimate of drug-likeness (QED) is 0.562. The molecule has 0 saturated carbocycles. The fraction of sp³-hybridized carbons (Fsp3) is 0.118. The highest BCUT2D eigenvalue weighted by atomic mass is 32.1. The van der Waals surface area contributed by atoms with E-state index in [1.165, 1.54) is 11.3 Å². The molecule has 3 aromatic heterocycles. The number of hydrogen-bond acceptors (Lipinski definition) is 6. The fourth-order valence-electron chi connectivity index (χ4n) is 2.44. The van der Waals surface area contributed by atoms with Crippen molar-refractivity contribution in [3.63, 3.8) is 0 Å². The van der Waals surface area contributed by atoms with Crippen molar-refractivity contribution in [1.82, 2.24) is 15.2 Å². The molecule has 6 nitrogen and oxygen atoms in total. The number of aromatic amines is 1. The minimum Gasteiger partial charge on any atom is -0.455 e. The smallest absolute Gasteiger partial charge is 0.310 e. The Morgan fingerprint density at radius 1 is 1.21 bits per heavy atom. The van der Waals surface area contributed by atoms with E-state index < -0.39 is 0 Å². The molecule has 0 atom stereocenters. The number of para-hydroxylation sites is 1. The van der Waals surface area contributed by atoms with Gasteiger partial charge in [-0.25, -0.2) is 0 Å². The van der Waals surface area contributed by atoms with E-state index in [1.54, 1.807) is 0 Å². The highest BCUT2D eigenvalue weighted by molar-refractivity contribution is 7.13. The predicted octanol–water partition coefficient (Wildman–Crippen LogP) is 3.57. The number of nitrogens with zero attached hydrogens (tertiary/aromatic N) is 2. The van der Waals surface area contributed by atoms with Crippen LogP contribution in [0.3, 0.4) is 0 Å². The average Bonchev–Trinajstić information content (AvgIpc) is 3.34. The van der Waals surface area contributed by atoms with Gasteiger partial charge in [-0.05, 0) is 23.1 Å². The number of fused-ring (bicyclic) bond motifs is 1. The van der Waals surface area contributed by atoms with Crippen molar-refractivity contribution in [2.45, 2.75) is 13.0 Å². The van der Waals surface area contributed by atoms with Crippen LogP contribution in [-0.4, -0.2) is 21.2 Å². The Kier molecular flexibility index (Phi) is 3.84. The van der Waals surface area contributed by atoms with E-state index in [9.17, 15) is 4.79 Å². The largest absolute Gasteiger partial charge is 0.455 e. The maximum absolute atomic E-state index is 12.0. The van der Waals surface area contributed by atoms with Gasteiger partial charge < -0.3 is 14.1 Å². The number of carbonyl (C=O) groups excluding carboxylic acids is 1. The Morgan fingerprint density at radius 3 is 3.00 bits per heavy atom. The molecule has 1 aromatic carbocycles. The van der Waals surface area contributed by atoms with Gasteiger partial charge in [0.1, 0.15) is 0 Å². The molecule has 0 saturated heterocycles. The molecule has 7 heteroatoms. The minimum absolute atomic E-state index is 0.0282. The summed E-state index contributed by atoms with van der Waals surface area (Å²) < 4.78 is 10.7. The Bertz CT molecular complexity index is 972. The van der Waals surface area contributed by atoms with E-state index in [-0.39, 0.29) is 24.9 Å². The predicted molar refractivity (Wildman–Crippen MR) is 89.4 cm³/mol. The normalized spacial score (nSPS) is 11.0. The summed E-state index contributed by atoms with van der Waals surface area (Å²) in [5.41, 5.74) is 1.90. The van der Waals surface area contributed by atoms with Crippen molar-refractivity contribution in [2.75, 3.05) is 0 Å². The van der Waals surface area contributed by atoms with Crippen LogP contribution in [0.1, 0.15) is 11.5 Å². The summed E-state index contributed by atoms with van der Waals surface area (Å²) in [5.74, 6) is 0.383. The summed E-state index contributed by atoms with van der Waals surface area (Å²) in [5, 5.41) is 10.8. The van der Waals surface area contributed by atoms with Gasteiger partial charge in [-0.2, -0.15) is 0 Å². The molecule has 4 rings (SSSR count). The van der Waals surface area contributed by atoms with Crippen LogP contribution in [0.2, 0.25) is 0 Å². The third-order valence-electron chi connectivity index (χ3n) is 3.57. The maximum atomic E-state index is 12.0. The molecule has 0 aliphatic heterocycles. The first-order chi connectivity index (χ1) is 11.8. The summed E-state index contributed by atoms with van der Waals surface area (Å²) in [6.45, 7) is -0.0282. The van der Waals surface area contributed by atoms with E-state index in [0.717, 1.165) is 21.3 Å². The number of rotatable bonds is 5. The number of esters is 1. The van der Waals surface area contributed by atoms with Crippen molar-refractivity contribution in [2.24, 2.45) is 0 Å². The summed E-state index contributed by atoms with van der Waals surface area (Å²) in [6, 6.07) is 11.6. The Morgan fingerprint density at radius 2 is 2.12 bits per heavy atom. The van der Waals surface area contributed by atoms with Crippen LogP contribution < -0.4 is 0 Å². The van der Waals surface area contributed by atoms with Crippen LogP contribution in [0.25, 0.3) is 21.7 Å². The zero-order valence-electron chi connectivity index (χ0n) is 12.6. The van der Waals surface area contributed by atoms with Crippen molar-refractivity contribution >= 4 is 28.2 Å². The van der Waals surface area contributed by atoms with Gasteiger partial charge in [-0.15, -0.1) is 21.5 Å². The summed E-state index contributed by atoms with van der Waals surface area (Å²) in [7, 11) is 0. The Hall–Kier alpha value is -2.93. The second-order valence-electron chi connectivity index (χ2n) is 5.18. The van der Waals surface area contributed by atoms with Gasteiger partial charge in [0.15, 0.2) is 6.61 Å². The van der Waals surface area contributed by atoms with Gasteiger partial charge in [0, 0.05) is 17.1 Å². The zero-order valence-corrected chi connectivity index (χ0v) is 13.4. The first-order valence-corrected chi connectivity index (χ1v) is 8.24. The van der Waals surface area contributed by atoms with Crippen LogP contribution in [0.4, 0.5) is 0 Å². The molecule has 24 heavy (non-hydrogen) atoms. The molecule has 0 aliphatic rings. The third-order valence-corrected chi connectivity index (χ3v) is 4.42. The molecule has 120 valence electrons. The molecule has 4 aromatic rings. The molecule has 0 fully saturated rings. The highest BCUT2D eigenvalue weighted by Gasteiger charge is 2.13. The van der Waals surface area contributed by atoms with Crippen LogP contribution in [0, 0.1) is 0 Å². The number of nitrogens with one attached hydrogen (secondary N) is 1.